The lowest BCUT2D eigenvalue weighted by atomic mass is 10.0. The smallest absolute Gasteiger partial charge is 0.344 e. The summed E-state index contributed by atoms with van der Waals surface area (Å²) in [5.41, 5.74) is 0.286. The number of amides is 1. The first-order valence-electron chi connectivity index (χ1n) is 6.70. The molecule has 2 aliphatic rings. The maximum atomic E-state index is 12.7. The molecule has 23 heavy (non-hydrogen) atoms. The number of aliphatic hydroxyl groups is 1. The highest BCUT2D eigenvalue weighted by Crippen LogP contribution is 2.46. The molecular weight excluding hydrogens is 302 g/mol. The molecule has 0 saturated heterocycles. The highest BCUT2D eigenvalue weighted by molar-refractivity contribution is 6.16. The number of fused-ring (bicyclic) bond motifs is 5. The Labute approximate surface area is 129 Å². The van der Waals surface area contributed by atoms with E-state index in [1.807, 2.05) is 0 Å². The second-order valence-electron chi connectivity index (χ2n) is 5.22. The first-order valence-corrected chi connectivity index (χ1v) is 6.70. The van der Waals surface area contributed by atoms with Gasteiger partial charge in [0, 0.05) is 0 Å². The van der Waals surface area contributed by atoms with Crippen molar-refractivity contribution in [1.29, 1.82) is 0 Å². The molecule has 0 spiro atoms. The van der Waals surface area contributed by atoms with Gasteiger partial charge in [-0.15, -0.1) is 0 Å². The lowest BCUT2D eigenvalue weighted by Crippen LogP contribution is -2.51. The molecule has 114 valence electrons. The van der Waals surface area contributed by atoms with Crippen LogP contribution in [0.25, 0.3) is 0 Å². The number of carbonyl (C=O) groups excluding carboxylic acids is 2. The van der Waals surface area contributed by atoms with Gasteiger partial charge < -0.3 is 14.9 Å². The summed E-state index contributed by atoms with van der Waals surface area (Å²) in [5, 5.41) is 19.8. The Morgan fingerprint density at radius 2 is 1.83 bits per heavy atom. The van der Waals surface area contributed by atoms with Crippen LogP contribution in [-0.2, 0) is 10.6 Å². The van der Waals surface area contributed by atoms with Gasteiger partial charge in [-0.05, 0) is 30.3 Å². The first-order chi connectivity index (χ1) is 10.9. The summed E-state index contributed by atoms with van der Waals surface area (Å²) in [6.07, 6.45) is 0. The molecule has 0 saturated carbocycles. The summed E-state index contributed by atoms with van der Waals surface area (Å²) in [5.74, 6) is -4.86. The molecule has 0 radical (unpaired) electrons. The first kappa shape index (κ1) is 13.5. The van der Waals surface area contributed by atoms with Crippen LogP contribution in [0.15, 0.2) is 42.5 Å². The average Bonchev–Trinajstić information content (AvgIpc) is 2.75. The van der Waals surface area contributed by atoms with Crippen molar-refractivity contribution in [2.45, 2.75) is 5.91 Å². The molecular formula is C16H9NO6. The van der Waals surface area contributed by atoms with Crippen LogP contribution >= 0.6 is 0 Å². The number of hydrogen-bond acceptors (Lipinski definition) is 5. The van der Waals surface area contributed by atoms with Gasteiger partial charge in [-0.3, -0.25) is 4.79 Å². The SMILES string of the molecule is O=C(O)c1ccc2c(c1)C(=O)N1c3ccccc3C(=O)OC21O. The van der Waals surface area contributed by atoms with E-state index in [1.165, 1.54) is 24.3 Å². The molecule has 2 aromatic carbocycles. The van der Waals surface area contributed by atoms with Crippen molar-refractivity contribution >= 4 is 23.5 Å². The second kappa shape index (κ2) is 4.17. The number of carboxylic acid groups (broad SMARTS) is 1. The van der Waals surface area contributed by atoms with Crippen molar-refractivity contribution in [2.75, 3.05) is 4.90 Å². The number of ether oxygens (including phenoxy) is 1. The van der Waals surface area contributed by atoms with E-state index in [2.05, 4.69) is 0 Å². The number of carbonyl (C=O) groups is 3. The monoisotopic (exact) mass is 311 g/mol. The molecule has 2 N–H and O–H groups in total. The van der Waals surface area contributed by atoms with Crippen LogP contribution in [0.1, 0.15) is 36.6 Å². The van der Waals surface area contributed by atoms with Crippen LogP contribution in [0.5, 0.6) is 0 Å². The van der Waals surface area contributed by atoms with Crippen molar-refractivity contribution < 1.29 is 29.3 Å². The lowest BCUT2D eigenvalue weighted by Gasteiger charge is -2.37. The largest absolute Gasteiger partial charge is 0.478 e. The van der Waals surface area contributed by atoms with Crippen LogP contribution < -0.4 is 4.90 Å². The summed E-state index contributed by atoms with van der Waals surface area (Å²) in [6, 6.07) is 9.91. The fourth-order valence-electron chi connectivity index (χ4n) is 2.92. The van der Waals surface area contributed by atoms with Gasteiger partial charge in [-0.25, -0.2) is 14.5 Å². The van der Waals surface area contributed by atoms with Crippen LogP contribution in [0.2, 0.25) is 0 Å². The van der Waals surface area contributed by atoms with Crippen LogP contribution in [0, 0.1) is 0 Å². The minimum Gasteiger partial charge on any atom is -0.478 e. The number of carboxylic acids is 1. The van der Waals surface area contributed by atoms with Crippen molar-refractivity contribution in [3.8, 4) is 0 Å². The van der Waals surface area contributed by atoms with Gasteiger partial charge in [-0.2, -0.15) is 0 Å². The molecule has 1 atom stereocenters. The van der Waals surface area contributed by atoms with E-state index >= 15 is 0 Å². The number of hydrogen-bond donors (Lipinski definition) is 2. The number of aromatic carboxylic acids is 1. The van der Waals surface area contributed by atoms with Gasteiger partial charge in [0.25, 0.3) is 5.91 Å². The van der Waals surface area contributed by atoms with Crippen molar-refractivity contribution in [3.63, 3.8) is 0 Å². The maximum Gasteiger partial charge on any atom is 0.344 e. The molecule has 0 aromatic heterocycles. The molecule has 7 heteroatoms. The Balaban J connectivity index is 1.98. The zero-order valence-electron chi connectivity index (χ0n) is 11.5. The third kappa shape index (κ3) is 1.59. The average molecular weight is 311 g/mol. The summed E-state index contributed by atoms with van der Waals surface area (Å²) in [7, 11) is 0. The number of nitrogens with zero attached hydrogens (tertiary/aromatic N) is 1. The Morgan fingerprint density at radius 1 is 1.09 bits per heavy atom. The zero-order valence-corrected chi connectivity index (χ0v) is 11.5. The number of rotatable bonds is 1. The van der Waals surface area contributed by atoms with E-state index in [4.69, 9.17) is 9.84 Å². The van der Waals surface area contributed by atoms with E-state index in [-0.39, 0.29) is 27.9 Å². The minimum absolute atomic E-state index is 0.0168. The summed E-state index contributed by atoms with van der Waals surface area (Å²) in [6.45, 7) is 0. The number of benzene rings is 2. The fraction of sp³-hybridized carbons (Fsp3) is 0.0625. The highest BCUT2D eigenvalue weighted by Gasteiger charge is 2.56. The van der Waals surface area contributed by atoms with Crippen LogP contribution in [0.4, 0.5) is 5.69 Å². The fourth-order valence-corrected chi connectivity index (χ4v) is 2.92. The Kier molecular flexibility index (Phi) is 2.44. The third-order valence-electron chi connectivity index (χ3n) is 3.95. The van der Waals surface area contributed by atoms with E-state index in [9.17, 15) is 19.5 Å². The Hall–Kier alpha value is -3.19. The number of para-hydroxylation sites is 1. The third-order valence-corrected chi connectivity index (χ3v) is 3.95. The molecule has 0 bridgehead atoms. The van der Waals surface area contributed by atoms with E-state index < -0.39 is 23.8 Å². The standard InChI is InChI=1S/C16H9NO6/c18-13-10-7-8(14(19)20)5-6-11(10)16(22)17(13)12-4-2-1-3-9(12)15(21)23-16/h1-7,22H,(H,19,20). The topological polar surface area (TPSA) is 104 Å². The van der Waals surface area contributed by atoms with Crippen LogP contribution in [-0.4, -0.2) is 28.1 Å². The molecule has 2 heterocycles. The molecule has 2 aliphatic heterocycles. The van der Waals surface area contributed by atoms with Crippen molar-refractivity contribution in [3.05, 3.63) is 64.7 Å². The van der Waals surface area contributed by atoms with Crippen molar-refractivity contribution in [1.82, 2.24) is 0 Å². The Morgan fingerprint density at radius 3 is 2.57 bits per heavy atom. The summed E-state index contributed by atoms with van der Waals surface area (Å²) >= 11 is 0. The predicted octanol–water partition coefficient (Wildman–Crippen LogP) is 1.32. The summed E-state index contributed by atoms with van der Waals surface area (Å²) in [4.78, 5) is 36.8. The minimum atomic E-state index is -2.27. The van der Waals surface area contributed by atoms with Gasteiger partial charge in [0.15, 0.2) is 0 Å². The highest BCUT2D eigenvalue weighted by atomic mass is 16.7. The van der Waals surface area contributed by atoms with E-state index in [0.29, 0.717) is 0 Å². The quantitative estimate of drug-likeness (QED) is 0.770. The maximum absolute atomic E-state index is 12.7. The normalized spacial score (nSPS) is 21.3. The molecule has 0 fully saturated rings. The lowest BCUT2D eigenvalue weighted by molar-refractivity contribution is -0.167. The zero-order chi connectivity index (χ0) is 16.4. The molecule has 2 aromatic rings. The number of esters is 1. The van der Waals surface area contributed by atoms with E-state index in [0.717, 1.165) is 11.0 Å². The molecule has 1 unspecified atom stereocenters. The van der Waals surface area contributed by atoms with Gasteiger partial charge in [0.1, 0.15) is 0 Å². The van der Waals surface area contributed by atoms with E-state index in [1.54, 1.807) is 12.1 Å². The predicted molar refractivity (Wildman–Crippen MR) is 76.0 cm³/mol. The molecule has 1 amide bonds. The molecule has 4 rings (SSSR count). The van der Waals surface area contributed by atoms with Gasteiger partial charge in [0.05, 0.1) is 27.9 Å². The van der Waals surface area contributed by atoms with Crippen molar-refractivity contribution in [2.24, 2.45) is 0 Å². The second-order valence-corrected chi connectivity index (χ2v) is 5.22. The molecule has 7 nitrogen and oxygen atoms in total. The van der Waals surface area contributed by atoms with Gasteiger partial charge in [-0.1, -0.05) is 12.1 Å². The van der Waals surface area contributed by atoms with Crippen LogP contribution in [0.3, 0.4) is 0 Å². The summed E-state index contributed by atoms with van der Waals surface area (Å²) < 4.78 is 5.10. The Bertz CT molecular complexity index is 905. The molecule has 0 aliphatic carbocycles. The van der Waals surface area contributed by atoms with Gasteiger partial charge >= 0.3 is 17.8 Å². The number of anilines is 1. The van der Waals surface area contributed by atoms with Gasteiger partial charge in [0.2, 0.25) is 0 Å².